The molecule has 0 saturated heterocycles. The fourth-order valence-corrected chi connectivity index (χ4v) is 0.928. The van der Waals surface area contributed by atoms with E-state index >= 15 is 0 Å². The van der Waals surface area contributed by atoms with Crippen molar-refractivity contribution in [2.75, 3.05) is 7.11 Å². The van der Waals surface area contributed by atoms with Gasteiger partial charge in [0.1, 0.15) is 17.4 Å². The standard InChI is InChI=1S/C9H5F2NO2/c1-14-9(13)7-6(10)3-2-5(4-12)8(7)11/h2-3H,1H3. The first-order valence-corrected chi connectivity index (χ1v) is 3.58. The van der Waals surface area contributed by atoms with E-state index in [0.29, 0.717) is 0 Å². The van der Waals surface area contributed by atoms with E-state index in [1.54, 1.807) is 0 Å². The molecule has 0 bridgehead atoms. The van der Waals surface area contributed by atoms with Crippen molar-refractivity contribution in [1.29, 1.82) is 5.26 Å². The monoisotopic (exact) mass is 197 g/mol. The highest BCUT2D eigenvalue weighted by molar-refractivity contribution is 5.90. The Morgan fingerprint density at radius 2 is 2.14 bits per heavy atom. The Hall–Kier alpha value is -1.96. The summed E-state index contributed by atoms with van der Waals surface area (Å²) in [5.74, 6) is -3.38. The lowest BCUT2D eigenvalue weighted by atomic mass is 10.1. The number of methoxy groups -OCH3 is 1. The third-order valence-corrected chi connectivity index (χ3v) is 1.60. The molecule has 0 aliphatic rings. The van der Waals surface area contributed by atoms with Crippen molar-refractivity contribution in [3.05, 3.63) is 34.9 Å². The van der Waals surface area contributed by atoms with Crippen molar-refractivity contribution >= 4 is 5.97 Å². The summed E-state index contributed by atoms with van der Waals surface area (Å²) in [7, 11) is 1.00. The van der Waals surface area contributed by atoms with Crippen molar-refractivity contribution in [3.63, 3.8) is 0 Å². The Morgan fingerprint density at radius 1 is 1.50 bits per heavy atom. The molecule has 0 atom stereocenters. The Labute approximate surface area is 78.5 Å². The van der Waals surface area contributed by atoms with Gasteiger partial charge in [0.05, 0.1) is 12.7 Å². The van der Waals surface area contributed by atoms with Gasteiger partial charge in [-0.15, -0.1) is 0 Å². The number of carbonyl (C=O) groups excluding carboxylic acids is 1. The van der Waals surface area contributed by atoms with Gasteiger partial charge in [0.2, 0.25) is 0 Å². The van der Waals surface area contributed by atoms with Gasteiger partial charge in [-0.3, -0.25) is 0 Å². The molecule has 0 radical (unpaired) electrons. The third-order valence-electron chi connectivity index (χ3n) is 1.60. The van der Waals surface area contributed by atoms with Crippen LogP contribution in [0.3, 0.4) is 0 Å². The minimum absolute atomic E-state index is 0.396. The number of hydrogen-bond donors (Lipinski definition) is 0. The Balaban J connectivity index is 3.42. The minimum Gasteiger partial charge on any atom is -0.465 e. The van der Waals surface area contributed by atoms with Crippen LogP contribution in [0.4, 0.5) is 8.78 Å². The molecule has 0 spiro atoms. The van der Waals surface area contributed by atoms with Crippen molar-refractivity contribution < 1.29 is 18.3 Å². The van der Waals surface area contributed by atoms with Crippen LogP contribution in [0.1, 0.15) is 15.9 Å². The number of rotatable bonds is 1. The number of hydrogen-bond acceptors (Lipinski definition) is 3. The molecule has 1 aromatic rings. The Bertz CT molecular complexity index is 424. The van der Waals surface area contributed by atoms with Crippen molar-refractivity contribution in [2.45, 2.75) is 0 Å². The van der Waals surface area contributed by atoms with Crippen LogP contribution in [0.15, 0.2) is 12.1 Å². The topological polar surface area (TPSA) is 50.1 Å². The van der Waals surface area contributed by atoms with E-state index in [0.717, 1.165) is 19.2 Å². The van der Waals surface area contributed by atoms with E-state index in [1.165, 1.54) is 6.07 Å². The first-order chi connectivity index (χ1) is 6.61. The molecular weight excluding hydrogens is 192 g/mol. The number of halogens is 2. The highest BCUT2D eigenvalue weighted by Gasteiger charge is 2.20. The molecule has 3 nitrogen and oxygen atoms in total. The average Bonchev–Trinajstić information content (AvgIpc) is 2.18. The summed E-state index contributed by atoms with van der Waals surface area (Å²) in [6, 6.07) is 3.29. The fraction of sp³-hybridized carbons (Fsp3) is 0.111. The zero-order valence-electron chi connectivity index (χ0n) is 7.17. The molecule has 0 saturated carbocycles. The summed E-state index contributed by atoms with van der Waals surface area (Å²) in [6.45, 7) is 0. The number of ether oxygens (including phenoxy) is 1. The van der Waals surface area contributed by atoms with Gasteiger partial charge in [-0.05, 0) is 12.1 Å². The first kappa shape index (κ1) is 10.1. The molecule has 0 fully saturated rings. The number of esters is 1. The van der Waals surface area contributed by atoms with Crippen molar-refractivity contribution in [3.8, 4) is 6.07 Å². The van der Waals surface area contributed by atoms with Crippen molar-refractivity contribution in [2.24, 2.45) is 0 Å². The molecule has 1 rings (SSSR count). The quantitative estimate of drug-likeness (QED) is 0.643. The molecule has 14 heavy (non-hydrogen) atoms. The van der Waals surface area contributed by atoms with Crippen molar-refractivity contribution in [1.82, 2.24) is 0 Å². The van der Waals surface area contributed by atoms with Gasteiger partial charge in [0, 0.05) is 0 Å². The largest absolute Gasteiger partial charge is 0.465 e. The zero-order chi connectivity index (χ0) is 10.7. The molecule has 0 aromatic heterocycles. The molecular formula is C9H5F2NO2. The summed E-state index contributed by atoms with van der Waals surface area (Å²) < 4.78 is 30.3. The average molecular weight is 197 g/mol. The van der Waals surface area contributed by atoms with Crippen LogP contribution in [0, 0.1) is 23.0 Å². The summed E-state index contributed by atoms with van der Waals surface area (Å²) >= 11 is 0. The Kier molecular flexibility index (Phi) is 2.77. The highest BCUT2D eigenvalue weighted by Crippen LogP contribution is 2.16. The Morgan fingerprint density at radius 3 is 2.64 bits per heavy atom. The summed E-state index contributed by atoms with van der Waals surface area (Å²) in [6.07, 6.45) is 0. The van der Waals surface area contributed by atoms with Gasteiger partial charge in [-0.25, -0.2) is 13.6 Å². The van der Waals surface area contributed by atoms with Gasteiger partial charge in [-0.1, -0.05) is 0 Å². The van der Waals surface area contributed by atoms with Gasteiger partial charge in [0.25, 0.3) is 0 Å². The molecule has 0 aliphatic heterocycles. The maximum Gasteiger partial charge on any atom is 0.343 e. The fourth-order valence-electron chi connectivity index (χ4n) is 0.928. The van der Waals surface area contributed by atoms with E-state index < -0.39 is 28.7 Å². The first-order valence-electron chi connectivity index (χ1n) is 3.58. The zero-order valence-corrected chi connectivity index (χ0v) is 7.17. The van der Waals surface area contributed by atoms with Gasteiger partial charge in [-0.2, -0.15) is 5.26 Å². The predicted octanol–water partition coefficient (Wildman–Crippen LogP) is 1.62. The second-order valence-electron chi connectivity index (χ2n) is 2.39. The highest BCUT2D eigenvalue weighted by atomic mass is 19.1. The maximum atomic E-state index is 13.2. The van der Waals surface area contributed by atoms with E-state index in [2.05, 4.69) is 4.74 Å². The van der Waals surface area contributed by atoms with E-state index in [9.17, 15) is 13.6 Å². The molecule has 0 heterocycles. The molecule has 72 valence electrons. The van der Waals surface area contributed by atoms with Crippen LogP contribution >= 0.6 is 0 Å². The number of carbonyl (C=O) groups is 1. The predicted molar refractivity (Wildman–Crippen MR) is 42.4 cm³/mol. The van der Waals surface area contributed by atoms with Gasteiger partial charge >= 0.3 is 5.97 Å². The summed E-state index contributed by atoms with van der Waals surface area (Å²) in [5.41, 5.74) is -1.24. The third kappa shape index (κ3) is 1.55. The second-order valence-corrected chi connectivity index (χ2v) is 2.39. The lowest BCUT2D eigenvalue weighted by Gasteiger charge is -2.03. The number of nitriles is 1. The van der Waals surface area contributed by atoms with Gasteiger partial charge < -0.3 is 4.74 Å². The van der Waals surface area contributed by atoms with Crippen LogP contribution < -0.4 is 0 Å². The lowest BCUT2D eigenvalue weighted by Crippen LogP contribution is -2.09. The second kappa shape index (κ2) is 3.83. The molecule has 1 aromatic carbocycles. The lowest BCUT2D eigenvalue weighted by molar-refractivity contribution is 0.0589. The minimum atomic E-state index is -1.20. The summed E-state index contributed by atoms with van der Waals surface area (Å²) in [4.78, 5) is 10.9. The number of benzene rings is 1. The van der Waals surface area contributed by atoms with E-state index in [-0.39, 0.29) is 0 Å². The van der Waals surface area contributed by atoms with E-state index in [4.69, 9.17) is 5.26 Å². The smallest absolute Gasteiger partial charge is 0.343 e. The molecule has 0 N–H and O–H groups in total. The number of nitrogens with zero attached hydrogens (tertiary/aromatic N) is 1. The molecule has 0 unspecified atom stereocenters. The maximum absolute atomic E-state index is 13.2. The molecule has 0 amide bonds. The normalized spacial score (nSPS) is 9.29. The van der Waals surface area contributed by atoms with Crippen LogP contribution in [-0.2, 0) is 4.74 Å². The van der Waals surface area contributed by atoms with Crippen LogP contribution in [0.2, 0.25) is 0 Å². The van der Waals surface area contributed by atoms with Crippen LogP contribution in [0.5, 0.6) is 0 Å². The SMILES string of the molecule is COC(=O)c1c(F)ccc(C#N)c1F. The van der Waals surface area contributed by atoms with E-state index in [1.807, 2.05) is 0 Å². The van der Waals surface area contributed by atoms with Crippen LogP contribution in [-0.4, -0.2) is 13.1 Å². The van der Waals surface area contributed by atoms with Crippen LogP contribution in [0.25, 0.3) is 0 Å². The van der Waals surface area contributed by atoms with Gasteiger partial charge in [0.15, 0.2) is 5.82 Å². The molecule has 0 aliphatic carbocycles. The summed E-state index contributed by atoms with van der Waals surface area (Å²) in [5, 5.41) is 8.42. The molecule has 5 heteroatoms.